The van der Waals surface area contributed by atoms with Gasteiger partial charge in [0.1, 0.15) is 11.6 Å². The molecular formula is C16H14FN5O2. The highest BCUT2D eigenvalue weighted by Crippen LogP contribution is 2.24. The van der Waals surface area contributed by atoms with Gasteiger partial charge in [0.15, 0.2) is 11.5 Å². The van der Waals surface area contributed by atoms with Gasteiger partial charge < -0.3 is 15.8 Å². The molecule has 7 nitrogen and oxygen atoms in total. The maximum Gasteiger partial charge on any atom is 0.280 e. The molecule has 0 aliphatic rings. The van der Waals surface area contributed by atoms with Crippen LogP contribution in [0.5, 0.6) is 5.75 Å². The minimum atomic E-state index is -0.523. The number of nitrogens with zero attached hydrogens (tertiary/aromatic N) is 3. The second-order valence-corrected chi connectivity index (χ2v) is 4.87. The van der Waals surface area contributed by atoms with Crippen LogP contribution in [0.3, 0.4) is 0 Å². The number of carbonyl (C=O) groups is 1. The van der Waals surface area contributed by atoms with Gasteiger partial charge in [0.2, 0.25) is 0 Å². The lowest BCUT2D eigenvalue weighted by Crippen LogP contribution is -2.15. The molecule has 0 aliphatic carbocycles. The molecule has 0 fully saturated rings. The van der Waals surface area contributed by atoms with Crippen molar-refractivity contribution in [2.75, 3.05) is 18.2 Å². The number of methoxy groups -OCH3 is 1. The quantitative estimate of drug-likeness (QED) is 0.766. The predicted molar refractivity (Wildman–Crippen MR) is 86.7 cm³/mol. The van der Waals surface area contributed by atoms with Gasteiger partial charge in [-0.3, -0.25) is 4.79 Å². The van der Waals surface area contributed by atoms with Crippen LogP contribution in [0.1, 0.15) is 10.5 Å². The van der Waals surface area contributed by atoms with Crippen LogP contribution in [0.15, 0.2) is 48.5 Å². The van der Waals surface area contributed by atoms with Gasteiger partial charge in [-0.25, -0.2) is 4.39 Å². The topological polar surface area (TPSA) is 95.1 Å². The minimum Gasteiger partial charge on any atom is -0.495 e. The number of ether oxygens (including phenoxy) is 1. The Kier molecular flexibility index (Phi) is 4.11. The predicted octanol–water partition coefficient (Wildman–Crippen LogP) is 2.25. The summed E-state index contributed by atoms with van der Waals surface area (Å²) in [6, 6.07) is 12.5. The van der Waals surface area contributed by atoms with E-state index >= 15 is 0 Å². The lowest BCUT2D eigenvalue weighted by molar-refractivity contribution is 0.102. The van der Waals surface area contributed by atoms with E-state index in [1.165, 1.54) is 36.1 Å². The molecule has 0 bridgehead atoms. The number of halogens is 1. The second kappa shape index (κ2) is 6.37. The van der Waals surface area contributed by atoms with Crippen LogP contribution < -0.4 is 15.8 Å². The number of amides is 1. The highest BCUT2D eigenvalue weighted by atomic mass is 19.1. The Bertz CT molecular complexity index is 876. The van der Waals surface area contributed by atoms with Crippen molar-refractivity contribution in [2.45, 2.75) is 0 Å². The van der Waals surface area contributed by atoms with E-state index in [1.807, 2.05) is 0 Å². The fraction of sp³-hybridized carbons (Fsp3) is 0.0625. The Morgan fingerprint density at radius 3 is 2.62 bits per heavy atom. The van der Waals surface area contributed by atoms with Crippen molar-refractivity contribution < 1.29 is 13.9 Å². The molecule has 3 N–H and O–H groups in total. The van der Waals surface area contributed by atoms with Crippen molar-refractivity contribution in [1.82, 2.24) is 15.0 Å². The molecule has 1 amide bonds. The molecule has 0 saturated carbocycles. The lowest BCUT2D eigenvalue weighted by atomic mass is 10.2. The average Bonchev–Trinajstić information content (AvgIpc) is 2.98. The standard InChI is InChI=1S/C16H14FN5O2/c1-24-13-5-3-2-4-12(13)19-16(23)14-15(18)22(21-20-14)11-8-6-10(17)7-9-11/h2-9H,18H2,1H3,(H,19,23). The van der Waals surface area contributed by atoms with Crippen LogP contribution in [-0.4, -0.2) is 28.0 Å². The van der Waals surface area contributed by atoms with Gasteiger partial charge in [0.25, 0.3) is 5.91 Å². The number of aromatic nitrogens is 3. The lowest BCUT2D eigenvalue weighted by Gasteiger charge is -2.09. The van der Waals surface area contributed by atoms with Gasteiger partial charge in [0.05, 0.1) is 18.5 Å². The summed E-state index contributed by atoms with van der Waals surface area (Å²) in [4.78, 5) is 12.4. The molecule has 24 heavy (non-hydrogen) atoms. The Balaban J connectivity index is 1.87. The number of hydrogen-bond acceptors (Lipinski definition) is 5. The third-order valence-corrected chi connectivity index (χ3v) is 3.35. The van der Waals surface area contributed by atoms with E-state index in [-0.39, 0.29) is 17.3 Å². The van der Waals surface area contributed by atoms with E-state index in [2.05, 4.69) is 15.6 Å². The largest absolute Gasteiger partial charge is 0.495 e. The Morgan fingerprint density at radius 2 is 1.92 bits per heavy atom. The number of anilines is 2. The monoisotopic (exact) mass is 327 g/mol. The number of nitrogens with one attached hydrogen (secondary N) is 1. The SMILES string of the molecule is COc1ccccc1NC(=O)c1nnn(-c2ccc(F)cc2)c1N. The first kappa shape index (κ1) is 15.5. The minimum absolute atomic E-state index is 0.0368. The first-order valence-electron chi connectivity index (χ1n) is 7.01. The number of hydrogen-bond donors (Lipinski definition) is 2. The molecule has 0 radical (unpaired) electrons. The summed E-state index contributed by atoms with van der Waals surface area (Å²) in [6.45, 7) is 0. The number of rotatable bonds is 4. The summed E-state index contributed by atoms with van der Waals surface area (Å²) in [5, 5.41) is 10.3. The fourth-order valence-electron chi connectivity index (χ4n) is 2.15. The third kappa shape index (κ3) is 2.89. The molecule has 122 valence electrons. The smallest absolute Gasteiger partial charge is 0.280 e. The average molecular weight is 327 g/mol. The van der Waals surface area contributed by atoms with Crippen molar-refractivity contribution >= 4 is 17.4 Å². The van der Waals surface area contributed by atoms with E-state index in [9.17, 15) is 9.18 Å². The molecule has 1 aromatic heterocycles. The van der Waals surface area contributed by atoms with Crippen molar-refractivity contribution in [3.8, 4) is 11.4 Å². The number of para-hydroxylation sites is 2. The van der Waals surface area contributed by atoms with Crippen LogP contribution in [-0.2, 0) is 0 Å². The van der Waals surface area contributed by atoms with Crippen LogP contribution in [0.25, 0.3) is 5.69 Å². The van der Waals surface area contributed by atoms with Gasteiger partial charge in [-0.15, -0.1) is 5.10 Å². The molecule has 2 aromatic carbocycles. The molecule has 0 spiro atoms. The van der Waals surface area contributed by atoms with Crippen molar-refractivity contribution in [3.05, 3.63) is 60.0 Å². The van der Waals surface area contributed by atoms with E-state index in [0.717, 1.165) is 0 Å². The van der Waals surface area contributed by atoms with Crippen molar-refractivity contribution in [3.63, 3.8) is 0 Å². The molecule has 8 heteroatoms. The second-order valence-electron chi connectivity index (χ2n) is 4.87. The summed E-state index contributed by atoms with van der Waals surface area (Å²) in [5.74, 6) is -0.346. The van der Waals surface area contributed by atoms with E-state index in [0.29, 0.717) is 17.1 Å². The summed E-state index contributed by atoms with van der Waals surface area (Å²) >= 11 is 0. The highest BCUT2D eigenvalue weighted by molar-refractivity contribution is 6.06. The van der Waals surface area contributed by atoms with Crippen LogP contribution >= 0.6 is 0 Å². The molecular weight excluding hydrogens is 313 g/mol. The van der Waals surface area contributed by atoms with Gasteiger partial charge in [-0.2, -0.15) is 4.68 Å². The fourth-order valence-corrected chi connectivity index (χ4v) is 2.15. The van der Waals surface area contributed by atoms with Crippen molar-refractivity contribution in [2.24, 2.45) is 0 Å². The van der Waals surface area contributed by atoms with E-state index < -0.39 is 5.91 Å². The molecule has 3 rings (SSSR count). The number of carbonyl (C=O) groups excluding carboxylic acids is 1. The zero-order valence-electron chi connectivity index (χ0n) is 12.7. The van der Waals surface area contributed by atoms with Crippen LogP contribution in [0.4, 0.5) is 15.9 Å². The third-order valence-electron chi connectivity index (χ3n) is 3.35. The maximum absolute atomic E-state index is 13.0. The van der Waals surface area contributed by atoms with Crippen LogP contribution in [0.2, 0.25) is 0 Å². The van der Waals surface area contributed by atoms with E-state index in [4.69, 9.17) is 10.5 Å². The first-order valence-corrected chi connectivity index (χ1v) is 7.01. The zero-order valence-corrected chi connectivity index (χ0v) is 12.7. The van der Waals surface area contributed by atoms with Crippen molar-refractivity contribution in [1.29, 1.82) is 0 Å². The highest BCUT2D eigenvalue weighted by Gasteiger charge is 2.19. The van der Waals surface area contributed by atoms with E-state index in [1.54, 1.807) is 24.3 Å². The summed E-state index contributed by atoms with van der Waals surface area (Å²) in [7, 11) is 1.50. The normalized spacial score (nSPS) is 10.4. The van der Waals surface area contributed by atoms with Crippen LogP contribution in [0, 0.1) is 5.82 Å². The molecule has 0 unspecified atom stereocenters. The molecule has 0 aliphatic heterocycles. The maximum atomic E-state index is 13.0. The van der Waals surface area contributed by atoms with Gasteiger partial charge in [-0.1, -0.05) is 17.3 Å². The van der Waals surface area contributed by atoms with Gasteiger partial charge in [-0.05, 0) is 36.4 Å². The Hall–Kier alpha value is -3.42. The first-order chi connectivity index (χ1) is 11.6. The summed E-state index contributed by atoms with van der Waals surface area (Å²) in [6.07, 6.45) is 0. The van der Waals surface area contributed by atoms with Gasteiger partial charge >= 0.3 is 0 Å². The number of benzene rings is 2. The molecule has 1 heterocycles. The zero-order chi connectivity index (χ0) is 17.1. The molecule has 0 saturated heterocycles. The van der Waals surface area contributed by atoms with Gasteiger partial charge in [0, 0.05) is 0 Å². The Labute approximate surface area is 136 Å². The summed E-state index contributed by atoms with van der Waals surface area (Å²) < 4.78 is 19.4. The Morgan fingerprint density at radius 1 is 1.21 bits per heavy atom. The number of nitrogen functional groups attached to an aromatic ring is 1. The molecule has 3 aromatic rings. The molecule has 0 atom stereocenters. The summed E-state index contributed by atoms with van der Waals surface area (Å²) in [5.41, 5.74) is 6.90. The number of nitrogens with two attached hydrogens (primary N) is 1.